The summed E-state index contributed by atoms with van der Waals surface area (Å²) in [5.74, 6) is 0. The molecule has 0 aliphatic rings. The van der Waals surface area contributed by atoms with Crippen LogP contribution in [0, 0.1) is 6.92 Å². The van der Waals surface area contributed by atoms with Crippen LogP contribution in [0.4, 0.5) is 0 Å². The Labute approximate surface area is 118 Å². The third-order valence-electron chi connectivity index (χ3n) is 3.49. The number of benzene rings is 1. The lowest BCUT2D eigenvalue weighted by atomic mass is 10.1. The molecule has 0 aliphatic heterocycles. The molecule has 102 valence electrons. The number of rotatable bonds is 4. The molecule has 20 heavy (non-hydrogen) atoms. The van der Waals surface area contributed by atoms with E-state index < -0.39 is 0 Å². The van der Waals surface area contributed by atoms with Crippen molar-refractivity contribution in [2.75, 3.05) is 0 Å². The molecule has 0 saturated heterocycles. The molecule has 0 saturated carbocycles. The number of aryl methyl sites for hydroxylation is 2. The van der Waals surface area contributed by atoms with E-state index in [9.17, 15) is 0 Å². The van der Waals surface area contributed by atoms with Crippen molar-refractivity contribution >= 4 is 10.9 Å². The molecule has 0 unspecified atom stereocenters. The second kappa shape index (κ2) is 5.43. The van der Waals surface area contributed by atoms with Crippen LogP contribution >= 0.6 is 0 Å². The van der Waals surface area contributed by atoms with Gasteiger partial charge in [-0.15, -0.1) is 0 Å². The molecule has 4 nitrogen and oxygen atoms in total. The zero-order chi connectivity index (χ0) is 13.9. The summed E-state index contributed by atoms with van der Waals surface area (Å²) in [4.78, 5) is 4.38. The van der Waals surface area contributed by atoms with Crippen LogP contribution < -0.4 is 5.32 Å². The highest BCUT2D eigenvalue weighted by Gasteiger charge is 2.04. The van der Waals surface area contributed by atoms with E-state index in [0.29, 0.717) is 0 Å². The number of nitrogens with one attached hydrogen (secondary N) is 1. The maximum Gasteiger partial charge on any atom is 0.0705 e. The lowest BCUT2D eigenvalue weighted by Gasteiger charge is -2.07. The summed E-state index contributed by atoms with van der Waals surface area (Å²) in [6.07, 6.45) is 3.93. The van der Waals surface area contributed by atoms with Crippen molar-refractivity contribution < 1.29 is 0 Å². The van der Waals surface area contributed by atoms with Crippen LogP contribution in [0.5, 0.6) is 0 Å². The summed E-state index contributed by atoms with van der Waals surface area (Å²) >= 11 is 0. The molecule has 0 radical (unpaired) electrons. The lowest BCUT2D eigenvalue weighted by molar-refractivity contribution is 0.693. The fourth-order valence-electron chi connectivity index (χ4n) is 2.46. The summed E-state index contributed by atoms with van der Waals surface area (Å²) in [6, 6.07) is 10.3. The fourth-order valence-corrected chi connectivity index (χ4v) is 2.46. The molecular formula is C16H18N4. The summed E-state index contributed by atoms with van der Waals surface area (Å²) < 4.78 is 1.86. The predicted octanol–water partition coefficient (Wildman–Crippen LogP) is 2.57. The summed E-state index contributed by atoms with van der Waals surface area (Å²) in [7, 11) is 1.95. The SMILES string of the molecule is Cc1nn(C)cc1CNCc1ccnc2ccccc12. The van der Waals surface area contributed by atoms with Crippen molar-refractivity contribution in [1.82, 2.24) is 20.1 Å². The Morgan fingerprint density at radius 3 is 2.70 bits per heavy atom. The third-order valence-corrected chi connectivity index (χ3v) is 3.49. The number of hydrogen-bond donors (Lipinski definition) is 1. The Bertz CT molecular complexity index is 725. The van der Waals surface area contributed by atoms with E-state index in [4.69, 9.17) is 0 Å². The smallest absolute Gasteiger partial charge is 0.0705 e. The number of aromatic nitrogens is 3. The van der Waals surface area contributed by atoms with Crippen LogP contribution in [-0.4, -0.2) is 14.8 Å². The van der Waals surface area contributed by atoms with E-state index in [-0.39, 0.29) is 0 Å². The molecule has 3 rings (SSSR count). The number of pyridine rings is 1. The quantitative estimate of drug-likeness (QED) is 0.789. The monoisotopic (exact) mass is 266 g/mol. The molecular weight excluding hydrogens is 248 g/mol. The number of nitrogens with zero attached hydrogens (tertiary/aromatic N) is 3. The van der Waals surface area contributed by atoms with Gasteiger partial charge in [0.2, 0.25) is 0 Å². The average molecular weight is 266 g/mol. The number of fused-ring (bicyclic) bond motifs is 1. The van der Waals surface area contributed by atoms with Crippen LogP contribution in [0.3, 0.4) is 0 Å². The highest BCUT2D eigenvalue weighted by Crippen LogP contribution is 2.16. The number of para-hydroxylation sites is 1. The van der Waals surface area contributed by atoms with Gasteiger partial charge in [0, 0.05) is 43.5 Å². The van der Waals surface area contributed by atoms with E-state index >= 15 is 0 Å². The largest absolute Gasteiger partial charge is 0.308 e. The summed E-state index contributed by atoms with van der Waals surface area (Å²) in [5.41, 5.74) is 4.65. The molecule has 0 amide bonds. The van der Waals surface area contributed by atoms with Crippen molar-refractivity contribution in [2.24, 2.45) is 7.05 Å². The van der Waals surface area contributed by atoms with Gasteiger partial charge >= 0.3 is 0 Å². The first-order chi connectivity index (χ1) is 9.74. The van der Waals surface area contributed by atoms with E-state index in [1.807, 2.05) is 37.0 Å². The predicted molar refractivity (Wildman–Crippen MR) is 80.2 cm³/mol. The zero-order valence-electron chi connectivity index (χ0n) is 11.8. The number of hydrogen-bond acceptors (Lipinski definition) is 3. The molecule has 0 fully saturated rings. The maximum atomic E-state index is 4.38. The molecule has 3 aromatic rings. The first-order valence-electron chi connectivity index (χ1n) is 6.76. The Morgan fingerprint density at radius 2 is 1.90 bits per heavy atom. The van der Waals surface area contributed by atoms with Crippen molar-refractivity contribution in [3.05, 3.63) is 59.5 Å². The highest BCUT2D eigenvalue weighted by molar-refractivity contribution is 5.81. The Kier molecular flexibility index (Phi) is 3.48. The molecule has 4 heteroatoms. The Hall–Kier alpha value is -2.20. The molecule has 1 aromatic carbocycles. The van der Waals surface area contributed by atoms with E-state index in [2.05, 4.69) is 39.8 Å². The van der Waals surface area contributed by atoms with Crippen LogP contribution in [0.1, 0.15) is 16.8 Å². The van der Waals surface area contributed by atoms with Gasteiger partial charge in [0.15, 0.2) is 0 Å². The van der Waals surface area contributed by atoms with Crippen LogP contribution in [0.25, 0.3) is 10.9 Å². The molecule has 0 spiro atoms. The van der Waals surface area contributed by atoms with Gasteiger partial charge in [0.05, 0.1) is 11.2 Å². The van der Waals surface area contributed by atoms with Gasteiger partial charge in [0.25, 0.3) is 0 Å². The van der Waals surface area contributed by atoms with E-state index in [1.165, 1.54) is 16.5 Å². The normalized spacial score (nSPS) is 11.1. The first-order valence-corrected chi connectivity index (χ1v) is 6.76. The molecule has 2 heterocycles. The van der Waals surface area contributed by atoms with Gasteiger partial charge in [-0.3, -0.25) is 9.67 Å². The molecule has 0 atom stereocenters. The molecule has 0 aliphatic carbocycles. The topological polar surface area (TPSA) is 42.7 Å². The molecule has 1 N–H and O–H groups in total. The molecule has 0 bridgehead atoms. The van der Waals surface area contributed by atoms with Gasteiger partial charge in [0.1, 0.15) is 0 Å². The third kappa shape index (κ3) is 2.56. The standard InChI is InChI=1S/C16H18N4/c1-12-14(11-20(2)19-12)10-17-9-13-7-8-18-16-6-4-3-5-15(13)16/h3-8,11,17H,9-10H2,1-2H3. The van der Waals surface area contributed by atoms with Crippen molar-refractivity contribution in [3.63, 3.8) is 0 Å². The first kappa shape index (κ1) is 12.8. The van der Waals surface area contributed by atoms with Gasteiger partial charge in [-0.1, -0.05) is 18.2 Å². The van der Waals surface area contributed by atoms with E-state index in [1.54, 1.807) is 0 Å². The van der Waals surface area contributed by atoms with E-state index in [0.717, 1.165) is 24.3 Å². The van der Waals surface area contributed by atoms with Crippen LogP contribution in [0.15, 0.2) is 42.7 Å². The van der Waals surface area contributed by atoms with Crippen LogP contribution in [-0.2, 0) is 20.1 Å². The Morgan fingerprint density at radius 1 is 1.10 bits per heavy atom. The van der Waals surface area contributed by atoms with Gasteiger partial charge < -0.3 is 5.32 Å². The van der Waals surface area contributed by atoms with Crippen molar-refractivity contribution in [2.45, 2.75) is 20.0 Å². The van der Waals surface area contributed by atoms with Gasteiger partial charge in [-0.05, 0) is 24.6 Å². The van der Waals surface area contributed by atoms with Gasteiger partial charge in [-0.25, -0.2) is 0 Å². The second-order valence-corrected chi connectivity index (χ2v) is 5.00. The molecule has 2 aromatic heterocycles. The minimum atomic E-state index is 0.830. The fraction of sp³-hybridized carbons (Fsp3) is 0.250. The van der Waals surface area contributed by atoms with Gasteiger partial charge in [-0.2, -0.15) is 5.10 Å². The van der Waals surface area contributed by atoms with Crippen LogP contribution in [0.2, 0.25) is 0 Å². The Balaban J connectivity index is 1.73. The lowest BCUT2D eigenvalue weighted by Crippen LogP contribution is -2.13. The summed E-state index contributed by atoms with van der Waals surface area (Å²) in [5, 5.41) is 9.05. The average Bonchev–Trinajstić information content (AvgIpc) is 2.77. The summed E-state index contributed by atoms with van der Waals surface area (Å²) in [6.45, 7) is 3.70. The zero-order valence-corrected chi connectivity index (χ0v) is 11.8. The van der Waals surface area contributed by atoms with Crippen molar-refractivity contribution in [3.8, 4) is 0 Å². The highest BCUT2D eigenvalue weighted by atomic mass is 15.2. The minimum absolute atomic E-state index is 0.830. The minimum Gasteiger partial charge on any atom is -0.308 e. The second-order valence-electron chi connectivity index (χ2n) is 5.00. The van der Waals surface area contributed by atoms with Crippen molar-refractivity contribution in [1.29, 1.82) is 0 Å². The maximum absolute atomic E-state index is 4.38.